The summed E-state index contributed by atoms with van der Waals surface area (Å²) in [6.45, 7) is 2.03. The molecule has 0 amide bonds. The van der Waals surface area contributed by atoms with Crippen LogP contribution in [0.5, 0.6) is 0 Å². The topological polar surface area (TPSA) is 49.9 Å². The number of nitrogens with two attached hydrogens (primary N) is 1. The van der Waals surface area contributed by atoms with Crippen molar-refractivity contribution >= 4 is 17.6 Å². The number of benzene rings is 1. The predicted octanol–water partition coefficient (Wildman–Crippen LogP) is 2.36. The molecule has 1 aromatic carbocycles. The Balaban J connectivity index is 2.84. The molecule has 0 heterocycles. The molecule has 0 aromatic heterocycles. The van der Waals surface area contributed by atoms with Gasteiger partial charge in [0.15, 0.2) is 0 Å². The maximum atomic E-state index is 13.4. The normalized spacial score (nSPS) is 10.1. The molecule has 4 heteroatoms. The largest absolute Gasteiger partial charge is 0.384 e. The van der Waals surface area contributed by atoms with E-state index in [0.717, 1.165) is 5.75 Å². The third kappa shape index (κ3) is 2.73. The third-order valence-electron chi connectivity index (χ3n) is 1.83. The van der Waals surface area contributed by atoms with Crippen molar-refractivity contribution in [1.82, 2.24) is 0 Å². The number of rotatable bonds is 4. The highest BCUT2D eigenvalue weighted by Crippen LogP contribution is 2.16. The number of hydrogen-bond donors (Lipinski definition) is 2. The second-order valence-electron chi connectivity index (χ2n) is 2.86. The Morgan fingerprint density at radius 2 is 2.29 bits per heavy atom. The maximum absolute atomic E-state index is 13.4. The van der Waals surface area contributed by atoms with Crippen molar-refractivity contribution in [3.63, 3.8) is 0 Å². The summed E-state index contributed by atoms with van der Waals surface area (Å²) >= 11 is 1.66. The van der Waals surface area contributed by atoms with Gasteiger partial charge in [-0.1, -0.05) is 19.1 Å². The lowest BCUT2D eigenvalue weighted by atomic mass is 10.1. The molecule has 0 bridgehead atoms. The summed E-state index contributed by atoms with van der Waals surface area (Å²) in [5.41, 5.74) is 6.35. The lowest BCUT2D eigenvalue weighted by Gasteiger charge is -2.04. The molecule has 76 valence electrons. The van der Waals surface area contributed by atoms with E-state index in [9.17, 15) is 4.39 Å². The fraction of sp³-hybridized carbons (Fsp3) is 0.300. The molecule has 3 N–H and O–H groups in total. The first-order valence-electron chi connectivity index (χ1n) is 4.35. The highest BCUT2D eigenvalue weighted by molar-refractivity contribution is 7.98. The van der Waals surface area contributed by atoms with Crippen molar-refractivity contribution in [3.8, 4) is 0 Å². The number of hydrogen-bond acceptors (Lipinski definition) is 2. The molecule has 14 heavy (non-hydrogen) atoms. The standard InChI is InChI=1S/C10H13FN2S/c1-2-14-6-8-4-3-7(10(12)13)5-9(8)11/h3-5H,2,6H2,1H3,(H3,12,13). The summed E-state index contributed by atoms with van der Waals surface area (Å²) < 4.78 is 13.4. The number of nitrogens with one attached hydrogen (secondary N) is 1. The van der Waals surface area contributed by atoms with Gasteiger partial charge in [0, 0.05) is 11.3 Å². The fourth-order valence-electron chi connectivity index (χ4n) is 1.04. The van der Waals surface area contributed by atoms with Gasteiger partial charge in [0.05, 0.1) is 0 Å². The van der Waals surface area contributed by atoms with Crippen molar-refractivity contribution in [1.29, 1.82) is 5.41 Å². The first-order valence-corrected chi connectivity index (χ1v) is 5.51. The molecule has 0 aliphatic carbocycles. The van der Waals surface area contributed by atoms with Gasteiger partial charge in [-0.2, -0.15) is 11.8 Å². The fourth-order valence-corrected chi connectivity index (χ4v) is 1.70. The van der Waals surface area contributed by atoms with Crippen LogP contribution in [0.4, 0.5) is 4.39 Å². The van der Waals surface area contributed by atoms with E-state index >= 15 is 0 Å². The average molecular weight is 212 g/mol. The molecule has 1 rings (SSSR count). The van der Waals surface area contributed by atoms with Crippen LogP contribution in [-0.2, 0) is 5.75 Å². The minimum absolute atomic E-state index is 0.0985. The van der Waals surface area contributed by atoms with E-state index in [4.69, 9.17) is 11.1 Å². The quantitative estimate of drug-likeness (QED) is 0.594. The molecule has 0 spiro atoms. The summed E-state index contributed by atoms with van der Waals surface area (Å²) in [5.74, 6) is 1.26. The number of nitrogen functional groups attached to an aromatic ring is 1. The summed E-state index contributed by atoms with van der Waals surface area (Å²) in [5, 5.41) is 7.15. The second-order valence-corrected chi connectivity index (χ2v) is 4.13. The molecule has 0 radical (unpaired) electrons. The number of amidine groups is 1. The Morgan fingerprint density at radius 3 is 2.79 bits per heavy atom. The highest BCUT2D eigenvalue weighted by atomic mass is 32.2. The maximum Gasteiger partial charge on any atom is 0.127 e. The van der Waals surface area contributed by atoms with Crippen LogP contribution in [0.3, 0.4) is 0 Å². The molecule has 0 atom stereocenters. The first-order chi connectivity index (χ1) is 6.65. The lowest BCUT2D eigenvalue weighted by Crippen LogP contribution is -2.11. The minimum atomic E-state index is -0.279. The third-order valence-corrected chi connectivity index (χ3v) is 2.75. The van der Waals surface area contributed by atoms with Crippen LogP contribution >= 0.6 is 11.8 Å². The van der Waals surface area contributed by atoms with Gasteiger partial charge < -0.3 is 5.73 Å². The van der Waals surface area contributed by atoms with E-state index in [1.165, 1.54) is 6.07 Å². The Morgan fingerprint density at radius 1 is 1.57 bits per heavy atom. The second kappa shape index (κ2) is 5.00. The highest BCUT2D eigenvalue weighted by Gasteiger charge is 2.04. The first kappa shape index (κ1) is 11.0. The van der Waals surface area contributed by atoms with Crippen molar-refractivity contribution in [3.05, 3.63) is 35.1 Å². The predicted molar refractivity (Wildman–Crippen MR) is 59.3 cm³/mol. The SMILES string of the molecule is CCSCc1ccc(C(=N)N)cc1F. The van der Waals surface area contributed by atoms with Crippen LogP contribution in [0.2, 0.25) is 0 Å². The molecule has 0 saturated carbocycles. The van der Waals surface area contributed by atoms with Gasteiger partial charge >= 0.3 is 0 Å². The van der Waals surface area contributed by atoms with Gasteiger partial charge in [0.2, 0.25) is 0 Å². The van der Waals surface area contributed by atoms with Crippen LogP contribution < -0.4 is 5.73 Å². The molecule has 0 unspecified atom stereocenters. The van der Waals surface area contributed by atoms with Gasteiger partial charge in [0.1, 0.15) is 11.7 Å². The van der Waals surface area contributed by atoms with Gasteiger partial charge in [-0.3, -0.25) is 5.41 Å². The van der Waals surface area contributed by atoms with Gasteiger partial charge in [0.25, 0.3) is 0 Å². The molecular formula is C10H13FN2S. The van der Waals surface area contributed by atoms with E-state index in [1.807, 2.05) is 6.92 Å². The van der Waals surface area contributed by atoms with Crippen LogP contribution in [0.15, 0.2) is 18.2 Å². The Hall–Kier alpha value is -1.03. The molecule has 2 nitrogen and oxygen atoms in total. The van der Waals surface area contributed by atoms with Crippen LogP contribution in [0.1, 0.15) is 18.1 Å². The van der Waals surface area contributed by atoms with E-state index in [-0.39, 0.29) is 11.7 Å². The molecule has 0 saturated heterocycles. The van der Waals surface area contributed by atoms with Gasteiger partial charge in [-0.25, -0.2) is 4.39 Å². The summed E-state index contributed by atoms with van der Waals surface area (Å²) in [4.78, 5) is 0. The Labute approximate surface area is 87.2 Å². The Bertz CT molecular complexity index is 339. The monoisotopic (exact) mass is 212 g/mol. The van der Waals surface area contributed by atoms with Crippen molar-refractivity contribution in [2.75, 3.05) is 5.75 Å². The summed E-state index contributed by atoms with van der Waals surface area (Å²) in [6, 6.07) is 4.68. The Kier molecular flexibility index (Phi) is 3.95. The van der Waals surface area contributed by atoms with Crippen LogP contribution in [0, 0.1) is 11.2 Å². The molecule has 0 aliphatic rings. The molecule has 1 aromatic rings. The summed E-state index contributed by atoms with van der Waals surface area (Å²) in [6.07, 6.45) is 0. The van der Waals surface area contributed by atoms with Gasteiger partial charge in [-0.05, 0) is 17.4 Å². The van der Waals surface area contributed by atoms with Crippen molar-refractivity contribution < 1.29 is 4.39 Å². The van der Waals surface area contributed by atoms with Crippen molar-refractivity contribution in [2.24, 2.45) is 5.73 Å². The van der Waals surface area contributed by atoms with Crippen LogP contribution in [0.25, 0.3) is 0 Å². The zero-order valence-corrected chi connectivity index (χ0v) is 8.83. The van der Waals surface area contributed by atoms with Crippen molar-refractivity contribution in [2.45, 2.75) is 12.7 Å². The van der Waals surface area contributed by atoms with E-state index in [2.05, 4.69) is 0 Å². The zero-order valence-electron chi connectivity index (χ0n) is 8.01. The van der Waals surface area contributed by atoms with E-state index < -0.39 is 0 Å². The number of halogens is 1. The average Bonchev–Trinajstić information content (AvgIpc) is 2.15. The molecule has 0 aliphatic heterocycles. The lowest BCUT2D eigenvalue weighted by molar-refractivity contribution is 0.617. The minimum Gasteiger partial charge on any atom is -0.384 e. The zero-order chi connectivity index (χ0) is 10.6. The molecular weight excluding hydrogens is 199 g/mol. The number of thioether (sulfide) groups is 1. The molecule has 0 fully saturated rings. The van der Waals surface area contributed by atoms with E-state index in [0.29, 0.717) is 16.9 Å². The summed E-state index contributed by atoms with van der Waals surface area (Å²) in [7, 11) is 0. The van der Waals surface area contributed by atoms with Gasteiger partial charge in [-0.15, -0.1) is 0 Å². The van der Waals surface area contributed by atoms with E-state index in [1.54, 1.807) is 23.9 Å². The smallest absolute Gasteiger partial charge is 0.127 e. The van der Waals surface area contributed by atoms with Crippen LogP contribution in [-0.4, -0.2) is 11.6 Å².